The summed E-state index contributed by atoms with van der Waals surface area (Å²) in [5.41, 5.74) is 0.451. The van der Waals surface area contributed by atoms with Gasteiger partial charge < -0.3 is 30.6 Å². The molecule has 0 radical (unpaired) electrons. The monoisotopic (exact) mass is 307 g/mol. The van der Waals surface area contributed by atoms with E-state index >= 15 is 0 Å². The molecule has 0 spiro atoms. The average molecular weight is 307 g/mol. The number of aromatic amines is 1. The Balaban J connectivity index is 2.76. The average Bonchev–Trinajstić information content (AvgIpc) is 2.46. The third-order valence-electron chi connectivity index (χ3n) is 2.70. The third kappa shape index (κ3) is 4.35. The molecule has 5 atom stereocenters. The SMILES string of the molecule is O=c1ccn(NC(O)[C@@H](O)[C@@H](O)[C@H](O)[C@H](O)CO)c(=O)[nH]1. The quantitative estimate of drug-likeness (QED) is 0.228. The van der Waals surface area contributed by atoms with Gasteiger partial charge in [-0.05, 0) is 0 Å². The van der Waals surface area contributed by atoms with Crippen molar-refractivity contribution in [2.45, 2.75) is 30.6 Å². The number of rotatable bonds is 7. The van der Waals surface area contributed by atoms with Crippen molar-refractivity contribution < 1.29 is 30.6 Å². The molecule has 1 unspecified atom stereocenters. The van der Waals surface area contributed by atoms with Gasteiger partial charge in [-0.2, -0.15) is 0 Å². The van der Waals surface area contributed by atoms with Crippen LogP contribution in [0.2, 0.25) is 0 Å². The Hall–Kier alpha value is -1.76. The van der Waals surface area contributed by atoms with E-state index in [9.17, 15) is 30.0 Å². The number of nitrogens with one attached hydrogen (secondary N) is 2. The molecule has 21 heavy (non-hydrogen) atoms. The van der Waals surface area contributed by atoms with E-state index in [1.54, 1.807) is 0 Å². The molecular weight excluding hydrogens is 290 g/mol. The van der Waals surface area contributed by atoms with E-state index in [2.05, 4.69) is 5.43 Å². The summed E-state index contributed by atoms with van der Waals surface area (Å²) >= 11 is 0. The molecule has 11 nitrogen and oxygen atoms in total. The molecular formula is C10H17N3O8. The molecule has 0 saturated heterocycles. The predicted octanol–water partition coefficient (Wildman–Crippen LogP) is -5.17. The second-order valence-corrected chi connectivity index (χ2v) is 4.28. The normalized spacial score (nSPS) is 18.6. The lowest BCUT2D eigenvalue weighted by Gasteiger charge is -2.29. The molecule has 8 N–H and O–H groups in total. The Kier molecular flexibility index (Phi) is 6.02. The van der Waals surface area contributed by atoms with E-state index < -0.39 is 48.5 Å². The van der Waals surface area contributed by atoms with Gasteiger partial charge in [0.1, 0.15) is 24.4 Å². The molecule has 0 aliphatic heterocycles. The first-order valence-corrected chi connectivity index (χ1v) is 5.87. The molecule has 0 bridgehead atoms. The Morgan fingerprint density at radius 1 is 1.10 bits per heavy atom. The van der Waals surface area contributed by atoms with E-state index in [4.69, 9.17) is 10.2 Å². The van der Waals surface area contributed by atoms with Gasteiger partial charge >= 0.3 is 5.69 Å². The molecule has 0 saturated carbocycles. The number of hydrogen-bond acceptors (Lipinski definition) is 9. The summed E-state index contributed by atoms with van der Waals surface area (Å²) in [6.45, 7) is -0.867. The van der Waals surface area contributed by atoms with E-state index in [0.717, 1.165) is 12.3 Å². The first-order valence-electron chi connectivity index (χ1n) is 5.87. The predicted molar refractivity (Wildman–Crippen MR) is 67.8 cm³/mol. The van der Waals surface area contributed by atoms with Crippen LogP contribution in [0.5, 0.6) is 0 Å². The maximum absolute atomic E-state index is 11.3. The molecule has 120 valence electrons. The van der Waals surface area contributed by atoms with Crippen molar-refractivity contribution in [3.63, 3.8) is 0 Å². The Morgan fingerprint density at radius 3 is 2.24 bits per heavy atom. The molecule has 1 heterocycles. The fourth-order valence-electron chi connectivity index (χ4n) is 1.46. The zero-order valence-corrected chi connectivity index (χ0v) is 10.7. The van der Waals surface area contributed by atoms with E-state index in [1.807, 2.05) is 4.98 Å². The number of aliphatic hydroxyl groups excluding tert-OH is 6. The van der Waals surface area contributed by atoms with Crippen molar-refractivity contribution in [2.75, 3.05) is 12.0 Å². The first kappa shape index (κ1) is 17.3. The number of hydrogen-bond donors (Lipinski definition) is 8. The van der Waals surface area contributed by atoms with Gasteiger partial charge in [0, 0.05) is 12.3 Å². The molecule has 1 aromatic rings. The second-order valence-electron chi connectivity index (χ2n) is 4.28. The van der Waals surface area contributed by atoms with Crippen molar-refractivity contribution in [3.8, 4) is 0 Å². The van der Waals surface area contributed by atoms with Gasteiger partial charge in [-0.25, -0.2) is 9.47 Å². The maximum atomic E-state index is 11.3. The van der Waals surface area contributed by atoms with Crippen LogP contribution in [-0.2, 0) is 0 Å². The zero-order valence-electron chi connectivity index (χ0n) is 10.7. The van der Waals surface area contributed by atoms with Gasteiger partial charge in [0.15, 0.2) is 6.23 Å². The van der Waals surface area contributed by atoms with Crippen LogP contribution < -0.4 is 16.7 Å². The minimum atomic E-state index is -2.01. The zero-order chi connectivity index (χ0) is 16.2. The van der Waals surface area contributed by atoms with Crippen LogP contribution in [0, 0.1) is 0 Å². The topological polar surface area (TPSA) is 188 Å². The van der Waals surface area contributed by atoms with Crippen LogP contribution in [0.25, 0.3) is 0 Å². The van der Waals surface area contributed by atoms with Crippen LogP contribution in [0.1, 0.15) is 0 Å². The van der Waals surface area contributed by atoms with Gasteiger partial charge in [-0.15, -0.1) is 0 Å². The highest BCUT2D eigenvalue weighted by atomic mass is 16.4. The molecule has 11 heteroatoms. The number of nitrogens with zero attached hydrogens (tertiary/aromatic N) is 1. The lowest BCUT2D eigenvalue weighted by atomic mass is 10.0. The summed E-state index contributed by atoms with van der Waals surface area (Å²) in [5.74, 6) is 0. The molecule has 0 aliphatic rings. The summed E-state index contributed by atoms with van der Waals surface area (Å²) in [7, 11) is 0. The fourth-order valence-corrected chi connectivity index (χ4v) is 1.46. The molecule has 1 rings (SSSR count). The second kappa shape index (κ2) is 7.31. The number of aliphatic hydroxyl groups is 6. The third-order valence-corrected chi connectivity index (χ3v) is 2.70. The van der Waals surface area contributed by atoms with E-state index in [1.165, 1.54) is 0 Å². The van der Waals surface area contributed by atoms with Crippen LogP contribution in [-0.4, -0.2) is 77.5 Å². The molecule has 0 fully saturated rings. The fraction of sp³-hybridized carbons (Fsp3) is 0.600. The highest BCUT2D eigenvalue weighted by molar-refractivity contribution is 4.91. The van der Waals surface area contributed by atoms with Gasteiger partial charge in [0.05, 0.1) is 6.61 Å². The minimum Gasteiger partial charge on any atom is -0.394 e. The van der Waals surface area contributed by atoms with Crippen molar-refractivity contribution >= 4 is 0 Å². The van der Waals surface area contributed by atoms with Crippen LogP contribution in [0.4, 0.5) is 0 Å². The lowest BCUT2D eigenvalue weighted by Crippen LogP contribution is -2.54. The highest BCUT2D eigenvalue weighted by Crippen LogP contribution is 2.07. The van der Waals surface area contributed by atoms with Gasteiger partial charge in [-0.3, -0.25) is 15.2 Å². The van der Waals surface area contributed by atoms with Gasteiger partial charge in [-0.1, -0.05) is 0 Å². The Labute approximate surface area is 117 Å². The van der Waals surface area contributed by atoms with E-state index in [-0.39, 0.29) is 0 Å². The van der Waals surface area contributed by atoms with Crippen LogP contribution in [0.15, 0.2) is 21.9 Å². The summed E-state index contributed by atoms with van der Waals surface area (Å²) < 4.78 is 0.636. The van der Waals surface area contributed by atoms with Crippen molar-refractivity contribution in [2.24, 2.45) is 0 Å². The summed E-state index contributed by atoms with van der Waals surface area (Å²) in [6.07, 6.45) is -8.59. The van der Waals surface area contributed by atoms with Gasteiger partial charge in [0.25, 0.3) is 5.56 Å². The standard InChI is InChI=1S/C10H17N3O8/c14-3-4(15)6(17)7(18)8(19)9(20)12-13-2-1-5(16)11-10(13)21/h1-2,4,6-9,12,14-15,17-20H,3H2,(H,11,16,21)/t4-,6-,7+,8+,9?/m1/s1. The van der Waals surface area contributed by atoms with Gasteiger partial charge in [0.2, 0.25) is 0 Å². The lowest BCUT2D eigenvalue weighted by molar-refractivity contribution is -0.137. The maximum Gasteiger partial charge on any atom is 0.346 e. The highest BCUT2D eigenvalue weighted by Gasteiger charge is 2.34. The molecule has 1 aromatic heterocycles. The summed E-state index contributed by atoms with van der Waals surface area (Å²) in [6, 6.07) is 0.967. The van der Waals surface area contributed by atoms with E-state index in [0.29, 0.717) is 4.68 Å². The van der Waals surface area contributed by atoms with Crippen molar-refractivity contribution in [3.05, 3.63) is 33.1 Å². The Bertz CT molecular complexity index is 558. The van der Waals surface area contributed by atoms with Crippen LogP contribution in [0.3, 0.4) is 0 Å². The van der Waals surface area contributed by atoms with Crippen molar-refractivity contribution in [1.29, 1.82) is 0 Å². The number of H-pyrrole nitrogens is 1. The largest absolute Gasteiger partial charge is 0.394 e. The molecule has 0 aliphatic carbocycles. The van der Waals surface area contributed by atoms with Crippen molar-refractivity contribution in [1.82, 2.24) is 9.66 Å². The summed E-state index contributed by atoms with van der Waals surface area (Å²) in [5, 5.41) is 55.9. The smallest absolute Gasteiger partial charge is 0.346 e. The van der Waals surface area contributed by atoms with Crippen LogP contribution >= 0.6 is 0 Å². The number of aromatic nitrogens is 2. The summed E-state index contributed by atoms with van der Waals surface area (Å²) in [4.78, 5) is 24.0. The molecule has 0 aromatic carbocycles. The Morgan fingerprint density at radius 2 is 1.71 bits per heavy atom. The molecule has 0 amide bonds. The first-order chi connectivity index (χ1) is 9.77. The minimum absolute atomic E-state index is 0.636.